The van der Waals surface area contributed by atoms with Crippen LogP contribution in [0.25, 0.3) is 11.3 Å². The monoisotopic (exact) mass is 292 g/mol. The van der Waals surface area contributed by atoms with E-state index in [1.54, 1.807) is 11.3 Å². The Kier molecular flexibility index (Phi) is 3.87. The van der Waals surface area contributed by atoms with E-state index in [1.165, 1.54) is 30.6 Å². The molecule has 1 aliphatic carbocycles. The van der Waals surface area contributed by atoms with Gasteiger partial charge >= 0.3 is 0 Å². The Morgan fingerprint density at radius 1 is 1.26 bits per heavy atom. The lowest BCUT2D eigenvalue weighted by Gasteiger charge is -2.09. The number of halogens is 1. The van der Waals surface area contributed by atoms with Crippen LogP contribution in [0.15, 0.2) is 24.3 Å². The molecule has 1 aromatic carbocycles. The molecule has 0 saturated heterocycles. The molecule has 100 valence electrons. The second-order valence-electron chi connectivity index (χ2n) is 4.99. The topological polar surface area (TPSA) is 38.9 Å². The number of thiazole rings is 1. The molecule has 0 aliphatic heterocycles. The lowest BCUT2D eigenvalue weighted by Crippen LogP contribution is -1.95. The first-order valence-corrected chi connectivity index (χ1v) is 7.93. The van der Waals surface area contributed by atoms with Gasteiger partial charge in [0.15, 0.2) is 0 Å². The third-order valence-corrected chi connectivity index (χ3v) is 5.30. The molecule has 0 spiro atoms. The van der Waals surface area contributed by atoms with E-state index in [4.69, 9.17) is 22.3 Å². The Bertz CT molecular complexity index is 573. The molecule has 1 heterocycles. The normalized spacial score (nSPS) is 16.1. The molecule has 4 heteroatoms. The molecule has 19 heavy (non-hydrogen) atoms. The lowest BCUT2D eigenvalue weighted by molar-refractivity contribution is 0.738. The van der Waals surface area contributed by atoms with Crippen molar-refractivity contribution in [1.82, 2.24) is 4.98 Å². The van der Waals surface area contributed by atoms with Gasteiger partial charge in [-0.05, 0) is 24.8 Å². The van der Waals surface area contributed by atoms with Crippen molar-refractivity contribution < 1.29 is 0 Å². The summed E-state index contributed by atoms with van der Waals surface area (Å²) in [4.78, 5) is 6.09. The van der Waals surface area contributed by atoms with Crippen molar-refractivity contribution in [2.75, 3.05) is 0 Å². The van der Waals surface area contributed by atoms with Crippen LogP contribution in [0.5, 0.6) is 0 Å². The van der Waals surface area contributed by atoms with Crippen molar-refractivity contribution in [1.29, 1.82) is 0 Å². The highest BCUT2D eigenvalue weighted by Gasteiger charge is 2.24. The summed E-state index contributed by atoms with van der Waals surface area (Å²) in [5, 5.41) is 1.78. The van der Waals surface area contributed by atoms with Crippen molar-refractivity contribution in [3.63, 3.8) is 0 Å². The molecule has 0 amide bonds. The van der Waals surface area contributed by atoms with Crippen LogP contribution < -0.4 is 5.73 Å². The number of nitrogens with zero attached hydrogens (tertiary/aromatic N) is 1. The van der Waals surface area contributed by atoms with Gasteiger partial charge in [-0.2, -0.15) is 0 Å². The van der Waals surface area contributed by atoms with Gasteiger partial charge in [-0.25, -0.2) is 4.98 Å². The number of nitrogens with two attached hydrogens (primary N) is 1. The molecule has 0 unspecified atom stereocenters. The third-order valence-electron chi connectivity index (χ3n) is 3.73. The molecule has 0 bridgehead atoms. The molecule has 1 saturated carbocycles. The van der Waals surface area contributed by atoms with Gasteiger partial charge < -0.3 is 5.73 Å². The lowest BCUT2D eigenvalue weighted by atomic mass is 10.0. The predicted octanol–water partition coefficient (Wildman–Crippen LogP) is 4.58. The van der Waals surface area contributed by atoms with Crippen molar-refractivity contribution >= 4 is 22.9 Å². The Morgan fingerprint density at radius 2 is 2.00 bits per heavy atom. The molecule has 2 aromatic rings. The van der Waals surface area contributed by atoms with Gasteiger partial charge in [0.1, 0.15) is 5.01 Å². The van der Waals surface area contributed by atoms with Crippen LogP contribution in [0.4, 0.5) is 0 Å². The number of hydrogen-bond acceptors (Lipinski definition) is 3. The fourth-order valence-electron chi connectivity index (χ4n) is 2.78. The zero-order valence-corrected chi connectivity index (χ0v) is 12.3. The second-order valence-corrected chi connectivity index (χ2v) is 6.51. The first kappa shape index (κ1) is 13.1. The highest BCUT2D eigenvalue weighted by atomic mass is 35.5. The Morgan fingerprint density at radius 3 is 2.68 bits per heavy atom. The summed E-state index contributed by atoms with van der Waals surface area (Å²) in [6.45, 7) is 0.509. The van der Waals surface area contributed by atoms with E-state index < -0.39 is 0 Å². The van der Waals surface area contributed by atoms with E-state index >= 15 is 0 Å². The van der Waals surface area contributed by atoms with Gasteiger partial charge in [0.2, 0.25) is 0 Å². The van der Waals surface area contributed by atoms with E-state index in [9.17, 15) is 0 Å². The molecule has 1 aromatic heterocycles. The number of aromatic nitrogens is 1. The third kappa shape index (κ3) is 2.55. The summed E-state index contributed by atoms with van der Waals surface area (Å²) in [5.74, 6) is 0.643. The number of benzene rings is 1. The minimum atomic E-state index is 0.509. The SMILES string of the molecule is NCc1nc(-c2ccccc2Cl)c(C2CCCC2)s1. The number of hydrogen-bond donors (Lipinski definition) is 1. The maximum atomic E-state index is 6.32. The fourth-order valence-corrected chi connectivity index (χ4v) is 4.13. The van der Waals surface area contributed by atoms with Crippen LogP contribution in [-0.2, 0) is 6.54 Å². The molecule has 0 atom stereocenters. The van der Waals surface area contributed by atoms with Crippen LogP contribution in [0, 0.1) is 0 Å². The average molecular weight is 293 g/mol. The molecule has 1 fully saturated rings. The van der Waals surface area contributed by atoms with Crippen molar-refractivity contribution in [2.24, 2.45) is 5.73 Å². The molecule has 2 nitrogen and oxygen atoms in total. The van der Waals surface area contributed by atoms with Gasteiger partial charge in [0.05, 0.1) is 5.69 Å². The predicted molar refractivity (Wildman–Crippen MR) is 81.7 cm³/mol. The zero-order chi connectivity index (χ0) is 13.2. The Hall–Kier alpha value is -0.900. The average Bonchev–Trinajstić information content (AvgIpc) is 3.08. The van der Waals surface area contributed by atoms with Crippen LogP contribution in [0.3, 0.4) is 0 Å². The van der Waals surface area contributed by atoms with E-state index in [2.05, 4.69) is 6.07 Å². The second kappa shape index (κ2) is 5.61. The van der Waals surface area contributed by atoms with Gasteiger partial charge in [-0.15, -0.1) is 11.3 Å². The van der Waals surface area contributed by atoms with Crippen molar-refractivity contribution in [3.8, 4) is 11.3 Å². The minimum absolute atomic E-state index is 0.509. The van der Waals surface area contributed by atoms with Crippen LogP contribution in [0.1, 0.15) is 41.5 Å². The summed E-state index contributed by atoms with van der Waals surface area (Å²) in [7, 11) is 0. The maximum absolute atomic E-state index is 6.32. The molecule has 2 N–H and O–H groups in total. The number of rotatable bonds is 3. The summed E-state index contributed by atoms with van der Waals surface area (Å²) in [6.07, 6.45) is 5.18. The Balaban J connectivity index is 2.09. The van der Waals surface area contributed by atoms with Gasteiger partial charge in [0, 0.05) is 22.0 Å². The van der Waals surface area contributed by atoms with Gasteiger partial charge in [-0.1, -0.05) is 42.6 Å². The minimum Gasteiger partial charge on any atom is -0.325 e. The van der Waals surface area contributed by atoms with Gasteiger partial charge in [-0.3, -0.25) is 0 Å². The van der Waals surface area contributed by atoms with E-state index in [0.717, 1.165) is 21.3 Å². The highest BCUT2D eigenvalue weighted by Crippen LogP contribution is 2.43. The first-order valence-electron chi connectivity index (χ1n) is 6.74. The first-order chi connectivity index (χ1) is 9.29. The van der Waals surface area contributed by atoms with Crippen LogP contribution >= 0.6 is 22.9 Å². The standard InChI is InChI=1S/C15H17ClN2S/c16-12-8-4-3-7-11(12)14-15(10-5-1-2-6-10)19-13(9-17)18-14/h3-4,7-8,10H,1-2,5-6,9,17H2. The molecule has 1 aliphatic rings. The zero-order valence-electron chi connectivity index (χ0n) is 10.7. The van der Waals surface area contributed by atoms with E-state index in [1.807, 2.05) is 18.2 Å². The van der Waals surface area contributed by atoms with Crippen LogP contribution in [-0.4, -0.2) is 4.98 Å². The summed E-state index contributed by atoms with van der Waals surface area (Å²) in [6, 6.07) is 7.95. The summed E-state index contributed by atoms with van der Waals surface area (Å²) in [5.41, 5.74) is 7.86. The van der Waals surface area contributed by atoms with E-state index in [-0.39, 0.29) is 0 Å². The molecule has 3 rings (SSSR count). The van der Waals surface area contributed by atoms with E-state index in [0.29, 0.717) is 12.5 Å². The highest BCUT2D eigenvalue weighted by molar-refractivity contribution is 7.12. The van der Waals surface area contributed by atoms with Crippen molar-refractivity contribution in [2.45, 2.75) is 38.1 Å². The molecule has 0 radical (unpaired) electrons. The van der Waals surface area contributed by atoms with Crippen molar-refractivity contribution in [3.05, 3.63) is 39.2 Å². The summed E-state index contributed by atoms with van der Waals surface area (Å²) < 4.78 is 0. The summed E-state index contributed by atoms with van der Waals surface area (Å²) >= 11 is 8.09. The quantitative estimate of drug-likeness (QED) is 0.899. The maximum Gasteiger partial charge on any atom is 0.107 e. The Labute approximate surface area is 122 Å². The fraction of sp³-hybridized carbons (Fsp3) is 0.400. The van der Waals surface area contributed by atoms with Crippen LogP contribution in [0.2, 0.25) is 5.02 Å². The largest absolute Gasteiger partial charge is 0.325 e. The molecular formula is C15H17ClN2S. The smallest absolute Gasteiger partial charge is 0.107 e. The molecular weight excluding hydrogens is 276 g/mol. The van der Waals surface area contributed by atoms with Gasteiger partial charge in [0.25, 0.3) is 0 Å².